The van der Waals surface area contributed by atoms with Crippen LogP contribution in [0.3, 0.4) is 0 Å². The van der Waals surface area contributed by atoms with E-state index < -0.39 is 0 Å². The maximum absolute atomic E-state index is 12.7. The number of benzene rings is 3. The van der Waals surface area contributed by atoms with Gasteiger partial charge in [0.15, 0.2) is 5.11 Å². The topological polar surface area (TPSA) is 79.5 Å². The number of carbonyl (C=O) groups is 2. The molecule has 0 saturated carbocycles. The lowest BCUT2D eigenvalue weighted by Gasteiger charge is -2.14. The zero-order valence-corrected chi connectivity index (χ0v) is 20.7. The predicted molar refractivity (Wildman–Crippen MR) is 145 cm³/mol. The Balaban J connectivity index is 1.51. The van der Waals surface area contributed by atoms with Crippen molar-refractivity contribution in [1.82, 2.24) is 5.32 Å². The molecule has 0 atom stereocenters. The summed E-state index contributed by atoms with van der Waals surface area (Å²) < 4.78 is 5.75. The van der Waals surface area contributed by atoms with Crippen molar-refractivity contribution in [3.8, 4) is 5.75 Å². The summed E-state index contributed by atoms with van der Waals surface area (Å²) in [6.45, 7) is 2.86. The van der Waals surface area contributed by atoms with E-state index in [1.165, 1.54) is 19.3 Å². The van der Waals surface area contributed by atoms with Crippen molar-refractivity contribution in [3.05, 3.63) is 90.0 Å². The van der Waals surface area contributed by atoms with Crippen LogP contribution in [0.1, 0.15) is 59.7 Å². The SMILES string of the molecule is CCCCCCCOc1ccc(C(=O)NC(=S)Nc2ccccc2C(=O)Nc2ccccc2)cc1. The molecule has 35 heavy (non-hydrogen) atoms. The summed E-state index contributed by atoms with van der Waals surface area (Å²) in [5.41, 5.74) is 2.05. The number of rotatable bonds is 11. The summed E-state index contributed by atoms with van der Waals surface area (Å²) in [5, 5.41) is 8.56. The molecule has 0 aliphatic rings. The van der Waals surface area contributed by atoms with Crippen molar-refractivity contribution in [2.24, 2.45) is 0 Å². The fourth-order valence-electron chi connectivity index (χ4n) is 3.44. The summed E-state index contributed by atoms with van der Waals surface area (Å²) in [7, 11) is 0. The zero-order chi connectivity index (χ0) is 24.9. The van der Waals surface area contributed by atoms with Crippen molar-refractivity contribution in [3.63, 3.8) is 0 Å². The molecule has 2 amide bonds. The first-order valence-corrected chi connectivity index (χ1v) is 12.3. The van der Waals surface area contributed by atoms with Crippen LogP contribution in [0.25, 0.3) is 0 Å². The Morgan fingerprint density at radius 1 is 0.771 bits per heavy atom. The number of para-hydroxylation sites is 2. The average molecular weight is 490 g/mol. The van der Waals surface area contributed by atoms with Crippen LogP contribution in [0, 0.1) is 0 Å². The maximum Gasteiger partial charge on any atom is 0.257 e. The second-order valence-corrected chi connectivity index (χ2v) is 8.47. The summed E-state index contributed by atoms with van der Waals surface area (Å²) >= 11 is 5.32. The Bertz CT molecular complexity index is 1120. The molecule has 0 aliphatic heterocycles. The number of carbonyl (C=O) groups excluding carboxylic acids is 2. The molecule has 3 aromatic rings. The molecule has 0 heterocycles. The minimum absolute atomic E-state index is 0.0994. The minimum atomic E-state index is -0.347. The van der Waals surface area contributed by atoms with Crippen molar-refractivity contribution in [1.29, 1.82) is 0 Å². The van der Waals surface area contributed by atoms with Gasteiger partial charge >= 0.3 is 0 Å². The second kappa shape index (κ2) is 13.9. The summed E-state index contributed by atoms with van der Waals surface area (Å²) in [6, 6.07) is 23.1. The summed E-state index contributed by atoms with van der Waals surface area (Å²) in [5.74, 6) is 0.102. The summed E-state index contributed by atoms with van der Waals surface area (Å²) in [4.78, 5) is 25.4. The molecule has 0 aliphatic carbocycles. The second-order valence-electron chi connectivity index (χ2n) is 8.06. The maximum atomic E-state index is 12.7. The van der Waals surface area contributed by atoms with E-state index in [9.17, 15) is 9.59 Å². The minimum Gasteiger partial charge on any atom is -0.494 e. The Morgan fingerprint density at radius 3 is 2.20 bits per heavy atom. The van der Waals surface area contributed by atoms with Crippen LogP contribution in [0.4, 0.5) is 11.4 Å². The number of nitrogens with one attached hydrogen (secondary N) is 3. The number of hydrogen-bond donors (Lipinski definition) is 3. The first-order valence-electron chi connectivity index (χ1n) is 11.9. The molecule has 0 bridgehead atoms. The largest absolute Gasteiger partial charge is 0.494 e. The van der Waals surface area contributed by atoms with Gasteiger partial charge < -0.3 is 15.4 Å². The third kappa shape index (κ3) is 8.54. The quantitative estimate of drug-likeness (QED) is 0.214. The average Bonchev–Trinajstić information content (AvgIpc) is 2.87. The van der Waals surface area contributed by atoms with Gasteiger partial charge in [-0.1, -0.05) is 62.9 Å². The number of hydrogen-bond acceptors (Lipinski definition) is 4. The lowest BCUT2D eigenvalue weighted by Crippen LogP contribution is -2.34. The highest BCUT2D eigenvalue weighted by molar-refractivity contribution is 7.80. The van der Waals surface area contributed by atoms with Gasteiger partial charge in [-0.2, -0.15) is 0 Å². The third-order valence-electron chi connectivity index (χ3n) is 5.31. The Kier molecular flexibility index (Phi) is 10.3. The first kappa shape index (κ1) is 25.9. The van der Waals surface area contributed by atoms with Crippen LogP contribution in [0.5, 0.6) is 5.75 Å². The molecule has 6 nitrogen and oxygen atoms in total. The van der Waals surface area contributed by atoms with Crippen LogP contribution >= 0.6 is 12.2 Å². The van der Waals surface area contributed by atoms with Crippen LogP contribution in [-0.2, 0) is 0 Å². The Hall–Kier alpha value is -3.71. The van der Waals surface area contributed by atoms with Crippen LogP contribution in [0.15, 0.2) is 78.9 Å². The molecule has 7 heteroatoms. The molecular weight excluding hydrogens is 458 g/mol. The lowest BCUT2D eigenvalue weighted by molar-refractivity contribution is 0.0976. The van der Waals surface area contributed by atoms with Crippen molar-refractivity contribution in [2.75, 3.05) is 17.2 Å². The van der Waals surface area contributed by atoms with Gasteiger partial charge in [0.25, 0.3) is 11.8 Å². The highest BCUT2D eigenvalue weighted by Gasteiger charge is 2.14. The monoisotopic (exact) mass is 489 g/mol. The van der Waals surface area contributed by atoms with Gasteiger partial charge in [-0.3, -0.25) is 14.9 Å². The molecule has 0 aromatic heterocycles. The molecule has 0 fully saturated rings. The molecule has 182 valence electrons. The number of amides is 2. The van der Waals surface area contributed by atoms with Gasteiger partial charge in [-0.05, 0) is 67.2 Å². The van der Waals surface area contributed by atoms with Gasteiger partial charge in [-0.15, -0.1) is 0 Å². The zero-order valence-electron chi connectivity index (χ0n) is 19.9. The molecule has 3 rings (SSSR count). The van der Waals surface area contributed by atoms with Gasteiger partial charge in [0.05, 0.1) is 17.9 Å². The highest BCUT2D eigenvalue weighted by Crippen LogP contribution is 2.18. The van der Waals surface area contributed by atoms with Crippen LogP contribution in [0.2, 0.25) is 0 Å². The number of unbranched alkanes of at least 4 members (excludes halogenated alkanes) is 4. The molecule has 0 spiro atoms. The molecular formula is C28H31N3O3S. The van der Waals surface area contributed by atoms with Crippen LogP contribution in [-0.4, -0.2) is 23.5 Å². The lowest BCUT2D eigenvalue weighted by atomic mass is 10.1. The normalized spacial score (nSPS) is 10.3. The van der Waals surface area contributed by atoms with Crippen molar-refractivity contribution < 1.29 is 14.3 Å². The highest BCUT2D eigenvalue weighted by atomic mass is 32.1. The van der Waals surface area contributed by atoms with Gasteiger partial charge in [-0.25, -0.2) is 0 Å². The molecule has 0 radical (unpaired) electrons. The first-order chi connectivity index (χ1) is 17.1. The number of anilines is 2. The Morgan fingerprint density at radius 2 is 1.46 bits per heavy atom. The van der Waals surface area contributed by atoms with Gasteiger partial charge in [0, 0.05) is 11.3 Å². The number of ether oxygens (including phenoxy) is 1. The Labute approximate surface area is 212 Å². The third-order valence-corrected chi connectivity index (χ3v) is 5.52. The fraction of sp³-hybridized carbons (Fsp3) is 0.250. The van der Waals surface area contributed by atoms with Gasteiger partial charge in [0.2, 0.25) is 0 Å². The smallest absolute Gasteiger partial charge is 0.257 e. The van der Waals surface area contributed by atoms with Crippen molar-refractivity contribution >= 4 is 40.5 Å². The van der Waals surface area contributed by atoms with Gasteiger partial charge in [0.1, 0.15) is 5.75 Å². The van der Waals surface area contributed by atoms with E-state index in [0.29, 0.717) is 29.1 Å². The summed E-state index contributed by atoms with van der Waals surface area (Å²) in [6.07, 6.45) is 5.89. The number of thiocarbonyl (C=S) groups is 1. The predicted octanol–water partition coefficient (Wildman–Crippen LogP) is 6.41. The van der Waals surface area contributed by atoms with E-state index in [4.69, 9.17) is 17.0 Å². The fourth-order valence-corrected chi connectivity index (χ4v) is 3.64. The van der Waals surface area contributed by atoms with E-state index in [-0.39, 0.29) is 16.9 Å². The van der Waals surface area contributed by atoms with Crippen molar-refractivity contribution in [2.45, 2.75) is 39.0 Å². The van der Waals surface area contributed by atoms with E-state index in [2.05, 4.69) is 22.9 Å². The standard InChI is InChI=1S/C28H31N3O3S/c1-2-3-4-5-11-20-34-23-18-16-21(17-19-23)26(32)31-28(35)30-25-15-10-9-14-24(25)27(33)29-22-12-7-6-8-13-22/h6-10,12-19H,2-5,11,20H2,1H3,(H,29,33)(H2,30,31,32,35). The van der Waals surface area contributed by atoms with E-state index >= 15 is 0 Å². The molecule has 0 unspecified atom stereocenters. The van der Waals surface area contributed by atoms with E-state index in [1.54, 1.807) is 48.5 Å². The molecule has 3 N–H and O–H groups in total. The van der Waals surface area contributed by atoms with E-state index in [0.717, 1.165) is 18.6 Å². The van der Waals surface area contributed by atoms with E-state index in [1.807, 2.05) is 30.3 Å². The van der Waals surface area contributed by atoms with Crippen LogP contribution < -0.4 is 20.7 Å². The molecule has 3 aromatic carbocycles. The molecule has 0 saturated heterocycles.